The first-order valence-electron chi connectivity index (χ1n) is 5.95. The average Bonchev–Trinajstić information content (AvgIpc) is 2.44. The molecule has 0 atom stereocenters. The van der Waals surface area contributed by atoms with Gasteiger partial charge in [0.2, 0.25) is 11.8 Å². The predicted molar refractivity (Wildman–Crippen MR) is 74.9 cm³/mol. The van der Waals surface area contributed by atoms with Gasteiger partial charge in [0.1, 0.15) is 5.82 Å². The predicted octanol–water partition coefficient (Wildman–Crippen LogP) is 1.09. The van der Waals surface area contributed by atoms with Crippen molar-refractivity contribution in [2.24, 2.45) is 0 Å². The number of hydrogen-bond acceptors (Lipinski definition) is 2. The van der Waals surface area contributed by atoms with E-state index in [9.17, 15) is 14.0 Å². The van der Waals surface area contributed by atoms with E-state index in [-0.39, 0.29) is 30.7 Å². The van der Waals surface area contributed by atoms with Crippen molar-refractivity contribution in [2.45, 2.75) is 6.92 Å². The van der Waals surface area contributed by atoms with E-state index in [1.165, 1.54) is 12.1 Å². The van der Waals surface area contributed by atoms with Crippen LogP contribution in [-0.4, -0.2) is 24.9 Å². The molecule has 0 saturated carbocycles. The second kappa shape index (κ2) is 7.74. The highest BCUT2D eigenvalue weighted by atomic mass is 19.1. The van der Waals surface area contributed by atoms with Crippen molar-refractivity contribution in [1.82, 2.24) is 10.6 Å². The molecule has 0 aliphatic carbocycles. The summed E-state index contributed by atoms with van der Waals surface area (Å²) in [7, 11) is 0. The topological polar surface area (TPSA) is 58.2 Å². The van der Waals surface area contributed by atoms with Crippen LogP contribution >= 0.6 is 0 Å². The Morgan fingerprint density at radius 1 is 1.30 bits per heavy atom. The summed E-state index contributed by atoms with van der Waals surface area (Å²) in [6, 6.07) is 5.74. The molecule has 0 aromatic heterocycles. The Morgan fingerprint density at radius 2 is 1.95 bits per heavy atom. The lowest BCUT2D eigenvalue weighted by atomic mass is 10.1. The average molecular weight is 274 g/mol. The smallest absolute Gasteiger partial charge is 0.247 e. The summed E-state index contributed by atoms with van der Waals surface area (Å²) in [5, 5.41) is 4.89. The zero-order chi connectivity index (χ0) is 15.0. The quantitative estimate of drug-likeness (QED) is 0.624. The number of halogens is 1. The largest absolute Gasteiger partial charge is 0.344 e. The van der Waals surface area contributed by atoms with Crippen LogP contribution in [0.1, 0.15) is 12.5 Å². The summed E-state index contributed by atoms with van der Waals surface area (Å²) in [6.07, 6.45) is 6.59. The second-order valence-corrected chi connectivity index (χ2v) is 4.04. The molecular formula is C15H15FN2O2. The van der Waals surface area contributed by atoms with Gasteiger partial charge in [0.15, 0.2) is 0 Å². The molecule has 0 heterocycles. The highest BCUT2D eigenvalue weighted by molar-refractivity contribution is 5.98. The zero-order valence-electron chi connectivity index (χ0n) is 11.1. The Balaban J connectivity index is 2.52. The molecular weight excluding hydrogens is 259 g/mol. The van der Waals surface area contributed by atoms with E-state index in [2.05, 4.69) is 16.6 Å². The van der Waals surface area contributed by atoms with E-state index in [0.29, 0.717) is 11.1 Å². The van der Waals surface area contributed by atoms with Gasteiger partial charge in [-0.15, -0.1) is 6.42 Å². The summed E-state index contributed by atoms with van der Waals surface area (Å²) in [6.45, 7) is 1.59. The number of benzene rings is 1. The lowest BCUT2D eigenvalue weighted by Gasteiger charge is -2.05. The van der Waals surface area contributed by atoms with Crippen molar-refractivity contribution in [3.63, 3.8) is 0 Å². The summed E-state index contributed by atoms with van der Waals surface area (Å²) in [5.74, 6) is 1.20. The number of carbonyl (C=O) groups excluding carboxylic acids is 2. The first-order valence-corrected chi connectivity index (χ1v) is 5.95. The van der Waals surface area contributed by atoms with Gasteiger partial charge in [-0.1, -0.05) is 18.1 Å². The Morgan fingerprint density at radius 3 is 2.55 bits per heavy atom. The molecule has 4 nitrogen and oxygen atoms in total. The third kappa shape index (κ3) is 5.36. The van der Waals surface area contributed by atoms with E-state index in [1.54, 1.807) is 25.1 Å². The molecule has 2 amide bonds. The minimum Gasteiger partial charge on any atom is -0.344 e. The van der Waals surface area contributed by atoms with E-state index >= 15 is 0 Å². The second-order valence-electron chi connectivity index (χ2n) is 4.04. The maximum Gasteiger partial charge on any atom is 0.247 e. The molecule has 0 unspecified atom stereocenters. The Hall–Kier alpha value is -2.61. The van der Waals surface area contributed by atoms with Crippen LogP contribution in [0.15, 0.2) is 29.8 Å². The van der Waals surface area contributed by atoms with E-state index < -0.39 is 0 Å². The minimum atomic E-state index is -0.370. The van der Waals surface area contributed by atoms with E-state index in [0.717, 1.165) is 0 Å². The molecule has 0 saturated heterocycles. The standard InChI is InChI=1S/C15H15FN2O2/c1-3-8-17-14(19)10-18-15(20)11(2)9-12-4-6-13(16)7-5-12/h1,4-7,9H,8,10H2,2H3,(H,17,19)(H,18,20)/b11-9-. The minimum absolute atomic E-state index is 0.124. The van der Waals surface area contributed by atoms with Crippen LogP contribution in [0.4, 0.5) is 4.39 Å². The van der Waals surface area contributed by atoms with Crippen molar-refractivity contribution in [2.75, 3.05) is 13.1 Å². The first-order chi connectivity index (χ1) is 9.52. The number of carbonyl (C=O) groups is 2. The molecule has 0 fully saturated rings. The SMILES string of the molecule is C#CCNC(=O)CNC(=O)/C(C)=C\c1ccc(F)cc1. The third-order valence-corrected chi connectivity index (χ3v) is 2.41. The molecule has 20 heavy (non-hydrogen) atoms. The maximum atomic E-state index is 12.7. The molecule has 1 aromatic carbocycles. The van der Waals surface area contributed by atoms with Crippen molar-refractivity contribution >= 4 is 17.9 Å². The van der Waals surface area contributed by atoms with Crippen molar-refractivity contribution in [3.8, 4) is 12.3 Å². The van der Waals surface area contributed by atoms with E-state index in [1.807, 2.05) is 0 Å². The van der Waals surface area contributed by atoms with Crippen LogP contribution in [0, 0.1) is 18.2 Å². The summed E-state index contributed by atoms with van der Waals surface area (Å²) in [4.78, 5) is 23.0. The van der Waals surface area contributed by atoms with Crippen LogP contribution < -0.4 is 10.6 Å². The zero-order valence-corrected chi connectivity index (χ0v) is 11.1. The summed E-state index contributed by atoms with van der Waals surface area (Å²) < 4.78 is 12.7. The fourth-order valence-electron chi connectivity index (χ4n) is 1.39. The van der Waals surface area contributed by atoms with Crippen molar-refractivity contribution in [3.05, 3.63) is 41.2 Å². The van der Waals surface area contributed by atoms with Crippen LogP contribution in [0.2, 0.25) is 0 Å². The summed E-state index contributed by atoms with van der Waals surface area (Å²) >= 11 is 0. The third-order valence-electron chi connectivity index (χ3n) is 2.41. The molecule has 1 aromatic rings. The number of amides is 2. The highest BCUT2D eigenvalue weighted by Crippen LogP contribution is 2.08. The lowest BCUT2D eigenvalue weighted by Crippen LogP contribution is -2.37. The number of nitrogens with one attached hydrogen (secondary N) is 2. The monoisotopic (exact) mass is 274 g/mol. The molecule has 0 aliphatic heterocycles. The van der Waals surface area contributed by atoms with Crippen LogP contribution in [0.3, 0.4) is 0 Å². The van der Waals surface area contributed by atoms with Gasteiger partial charge in [0.05, 0.1) is 13.1 Å². The Kier molecular flexibility index (Phi) is 5.98. The van der Waals surface area contributed by atoms with Gasteiger partial charge in [0.25, 0.3) is 0 Å². The number of terminal acetylenes is 1. The van der Waals surface area contributed by atoms with Gasteiger partial charge < -0.3 is 10.6 Å². The molecule has 1 rings (SSSR count). The first kappa shape index (κ1) is 15.4. The maximum absolute atomic E-state index is 12.7. The van der Waals surface area contributed by atoms with Gasteiger partial charge in [-0.05, 0) is 30.7 Å². The van der Waals surface area contributed by atoms with Gasteiger partial charge in [-0.25, -0.2) is 4.39 Å². The fourth-order valence-corrected chi connectivity index (χ4v) is 1.39. The molecule has 0 spiro atoms. The van der Waals surface area contributed by atoms with Crippen molar-refractivity contribution in [1.29, 1.82) is 0 Å². The Labute approximate surface area is 117 Å². The van der Waals surface area contributed by atoms with E-state index in [4.69, 9.17) is 6.42 Å². The molecule has 0 aliphatic rings. The fraction of sp³-hybridized carbons (Fsp3) is 0.200. The number of hydrogen-bond donors (Lipinski definition) is 2. The Bertz CT molecular complexity index is 556. The van der Waals surface area contributed by atoms with Gasteiger partial charge >= 0.3 is 0 Å². The summed E-state index contributed by atoms with van der Waals surface area (Å²) in [5.41, 5.74) is 1.12. The molecule has 5 heteroatoms. The normalized spacial score (nSPS) is 10.6. The lowest BCUT2D eigenvalue weighted by molar-refractivity contribution is -0.124. The van der Waals surface area contributed by atoms with Crippen LogP contribution in [0.25, 0.3) is 6.08 Å². The van der Waals surface area contributed by atoms with Gasteiger partial charge in [0, 0.05) is 5.57 Å². The van der Waals surface area contributed by atoms with Gasteiger partial charge in [-0.3, -0.25) is 9.59 Å². The molecule has 104 valence electrons. The van der Waals surface area contributed by atoms with Crippen molar-refractivity contribution < 1.29 is 14.0 Å². The molecule has 0 bridgehead atoms. The highest BCUT2D eigenvalue weighted by Gasteiger charge is 2.06. The van der Waals surface area contributed by atoms with Crippen LogP contribution in [-0.2, 0) is 9.59 Å². The molecule has 0 radical (unpaired) electrons. The number of rotatable bonds is 5. The van der Waals surface area contributed by atoms with Crippen LogP contribution in [0.5, 0.6) is 0 Å². The van der Waals surface area contributed by atoms with Gasteiger partial charge in [-0.2, -0.15) is 0 Å². The molecule has 2 N–H and O–H groups in total.